The molecule has 0 aromatic heterocycles. The van der Waals surface area contributed by atoms with E-state index in [4.69, 9.17) is 4.74 Å². The Kier molecular flexibility index (Phi) is 4.80. The molecule has 0 spiro atoms. The number of allylic oxidation sites excluding steroid dienone is 1. The second kappa shape index (κ2) is 7.04. The minimum absolute atomic E-state index is 0.464. The van der Waals surface area contributed by atoms with Crippen LogP contribution >= 0.6 is 0 Å². The van der Waals surface area contributed by atoms with Crippen molar-refractivity contribution in [2.24, 2.45) is 4.99 Å². The number of ether oxygens (including phenoxy) is 1. The largest absolute Gasteiger partial charge is 0.444 e. The molecule has 0 saturated carbocycles. The first-order valence-corrected chi connectivity index (χ1v) is 8.53. The van der Waals surface area contributed by atoms with Gasteiger partial charge in [-0.25, -0.2) is 4.79 Å². The molecular formula is C21H23N3O2. The lowest BCUT2D eigenvalue weighted by molar-refractivity contribution is 0.0636. The molecule has 1 N–H and O–H groups in total. The number of rotatable bonds is 2. The lowest BCUT2D eigenvalue weighted by atomic mass is 10.1. The fourth-order valence-electron chi connectivity index (χ4n) is 2.68. The van der Waals surface area contributed by atoms with E-state index in [-0.39, 0.29) is 0 Å². The summed E-state index contributed by atoms with van der Waals surface area (Å²) in [6, 6.07) is 13.7. The second-order valence-electron chi connectivity index (χ2n) is 7.11. The highest BCUT2D eigenvalue weighted by Crippen LogP contribution is 2.37. The molecule has 1 aliphatic rings. The molecule has 1 amide bonds. The van der Waals surface area contributed by atoms with Crippen LogP contribution in [-0.2, 0) is 4.74 Å². The molecule has 0 aliphatic carbocycles. The minimum atomic E-state index is -0.525. The molecule has 0 saturated heterocycles. The van der Waals surface area contributed by atoms with Crippen molar-refractivity contribution in [1.29, 1.82) is 0 Å². The third kappa shape index (κ3) is 4.11. The summed E-state index contributed by atoms with van der Waals surface area (Å²) in [5, 5.41) is 2.75. The van der Waals surface area contributed by atoms with E-state index in [0.717, 1.165) is 22.6 Å². The van der Waals surface area contributed by atoms with Gasteiger partial charge in [0.1, 0.15) is 5.60 Å². The Hall–Kier alpha value is -3.08. The zero-order valence-corrected chi connectivity index (χ0v) is 15.5. The molecule has 0 atom stereocenters. The predicted octanol–water partition coefficient (Wildman–Crippen LogP) is 5.71. The summed E-state index contributed by atoms with van der Waals surface area (Å²) in [5.74, 6) is 0. The van der Waals surface area contributed by atoms with Gasteiger partial charge in [0.2, 0.25) is 0 Å². The van der Waals surface area contributed by atoms with Crippen molar-refractivity contribution >= 4 is 35.1 Å². The molecule has 1 aliphatic heterocycles. The van der Waals surface area contributed by atoms with Crippen molar-refractivity contribution < 1.29 is 9.53 Å². The topological polar surface area (TPSA) is 53.9 Å². The van der Waals surface area contributed by atoms with Gasteiger partial charge in [-0.15, -0.1) is 0 Å². The zero-order valence-electron chi connectivity index (χ0n) is 15.5. The number of carbonyl (C=O) groups excluding carboxylic acids is 1. The van der Waals surface area contributed by atoms with E-state index in [1.807, 2.05) is 82.4 Å². The number of hydrogen-bond donors (Lipinski definition) is 1. The van der Waals surface area contributed by atoms with Crippen LogP contribution in [-0.4, -0.2) is 17.9 Å². The van der Waals surface area contributed by atoms with Gasteiger partial charge in [0.15, 0.2) is 0 Å². The molecule has 134 valence electrons. The molecule has 5 nitrogen and oxygen atoms in total. The highest BCUT2D eigenvalue weighted by Gasteiger charge is 2.17. The standard InChI is InChI=1S/C21H23N3O2/c1-15-7-5-8-18-19(15)22-13-6-14-24(18)17-11-9-16(10-12-17)23-20(25)26-21(2,3)4/h5-14H,1-4H3,(H,23,25). The third-order valence-corrected chi connectivity index (χ3v) is 3.79. The Labute approximate surface area is 154 Å². The Morgan fingerprint density at radius 2 is 1.85 bits per heavy atom. The summed E-state index contributed by atoms with van der Waals surface area (Å²) in [6.07, 6.45) is 5.22. The normalized spacial score (nSPS) is 13.2. The van der Waals surface area contributed by atoms with Gasteiger partial charge < -0.3 is 9.64 Å². The number of para-hydroxylation sites is 1. The van der Waals surface area contributed by atoms with E-state index in [1.165, 1.54) is 0 Å². The van der Waals surface area contributed by atoms with Gasteiger partial charge >= 0.3 is 6.09 Å². The average Bonchev–Trinajstić information content (AvgIpc) is 2.77. The van der Waals surface area contributed by atoms with E-state index in [9.17, 15) is 4.79 Å². The highest BCUT2D eigenvalue weighted by atomic mass is 16.6. The van der Waals surface area contributed by atoms with Crippen LogP contribution in [0, 0.1) is 6.92 Å². The number of fused-ring (bicyclic) bond motifs is 1. The Bertz CT molecular complexity index is 862. The first-order valence-electron chi connectivity index (χ1n) is 8.53. The van der Waals surface area contributed by atoms with Crippen LogP contribution in [0.25, 0.3) is 0 Å². The molecule has 2 aromatic rings. The molecule has 5 heteroatoms. The van der Waals surface area contributed by atoms with Crippen LogP contribution in [0.2, 0.25) is 0 Å². The fraction of sp³-hybridized carbons (Fsp3) is 0.238. The van der Waals surface area contributed by atoms with Crippen LogP contribution < -0.4 is 10.2 Å². The average molecular weight is 349 g/mol. The quantitative estimate of drug-likeness (QED) is 0.755. The van der Waals surface area contributed by atoms with Crippen molar-refractivity contribution in [3.63, 3.8) is 0 Å². The first kappa shape index (κ1) is 17.7. The molecule has 1 heterocycles. The summed E-state index contributed by atoms with van der Waals surface area (Å²) in [4.78, 5) is 18.5. The molecule has 3 rings (SSSR count). The van der Waals surface area contributed by atoms with Gasteiger partial charge in [0, 0.05) is 23.8 Å². The monoisotopic (exact) mass is 349 g/mol. The molecular weight excluding hydrogens is 326 g/mol. The summed E-state index contributed by atoms with van der Waals surface area (Å²) >= 11 is 0. The fourth-order valence-corrected chi connectivity index (χ4v) is 2.68. The predicted molar refractivity (Wildman–Crippen MR) is 107 cm³/mol. The van der Waals surface area contributed by atoms with E-state index < -0.39 is 11.7 Å². The maximum Gasteiger partial charge on any atom is 0.412 e. The highest BCUT2D eigenvalue weighted by molar-refractivity contribution is 5.88. The number of nitrogens with zero attached hydrogens (tertiary/aromatic N) is 2. The van der Waals surface area contributed by atoms with Crippen LogP contribution in [0.15, 0.2) is 59.7 Å². The van der Waals surface area contributed by atoms with Gasteiger partial charge in [0.05, 0.1) is 11.4 Å². The van der Waals surface area contributed by atoms with Crippen LogP contribution in [0.1, 0.15) is 26.3 Å². The number of benzene rings is 2. The minimum Gasteiger partial charge on any atom is -0.444 e. The smallest absolute Gasteiger partial charge is 0.412 e. The second-order valence-corrected chi connectivity index (χ2v) is 7.11. The van der Waals surface area contributed by atoms with Crippen molar-refractivity contribution in [3.05, 3.63) is 60.3 Å². The van der Waals surface area contributed by atoms with Gasteiger partial charge in [0.25, 0.3) is 0 Å². The molecule has 2 aromatic carbocycles. The maximum atomic E-state index is 11.9. The van der Waals surface area contributed by atoms with Gasteiger partial charge in [-0.2, -0.15) is 0 Å². The maximum absolute atomic E-state index is 11.9. The Morgan fingerprint density at radius 1 is 1.12 bits per heavy atom. The van der Waals surface area contributed by atoms with E-state index >= 15 is 0 Å². The van der Waals surface area contributed by atoms with Crippen molar-refractivity contribution in [1.82, 2.24) is 0 Å². The summed E-state index contributed by atoms with van der Waals surface area (Å²) in [7, 11) is 0. The van der Waals surface area contributed by atoms with E-state index in [1.54, 1.807) is 6.21 Å². The van der Waals surface area contributed by atoms with Crippen LogP contribution in [0.3, 0.4) is 0 Å². The lowest BCUT2D eigenvalue weighted by Gasteiger charge is -2.23. The van der Waals surface area contributed by atoms with Crippen LogP contribution in [0.4, 0.5) is 27.5 Å². The van der Waals surface area contributed by atoms with Gasteiger partial charge in [-0.05, 0) is 69.7 Å². The third-order valence-electron chi connectivity index (χ3n) is 3.79. The molecule has 0 bridgehead atoms. The van der Waals surface area contributed by atoms with Crippen molar-refractivity contribution in [3.8, 4) is 0 Å². The Morgan fingerprint density at radius 3 is 2.54 bits per heavy atom. The summed E-state index contributed by atoms with van der Waals surface area (Å²) in [5.41, 5.74) is 4.23. The van der Waals surface area contributed by atoms with Gasteiger partial charge in [-0.1, -0.05) is 12.1 Å². The number of hydrogen-bond acceptors (Lipinski definition) is 4. The molecule has 0 fully saturated rings. The number of amides is 1. The first-order chi connectivity index (χ1) is 12.3. The lowest BCUT2D eigenvalue weighted by Crippen LogP contribution is -2.27. The number of carbonyl (C=O) groups is 1. The molecule has 0 radical (unpaired) electrons. The van der Waals surface area contributed by atoms with E-state index in [0.29, 0.717) is 5.69 Å². The molecule has 26 heavy (non-hydrogen) atoms. The molecule has 0 unspecified atom stereocenters. The number of aliphatic imine (C=N–C) groups is 1. The summed E-state index contributed by atoms with van der Waals surface area (Å²) < 4.78 is 5.28. The van der Waals surface area contributed by atoms with Crippen LogP contribution in [0.5, 0.6) is 0 Å². The number of aryl methyl sites for hydroxylation is 1. The summed E-state index contributed by atoms with van der Waals surface area (Å²) in [6.45, 7) is 7.56. The number of nitrogens with one attached hydrogen (secondary N) is 1. The Balaban J connectivity index is 1.82. The SMILES string of the molecule is Cc1cccc2c1N=CC=CN2c1ccc(NC(=O)OC(C)(C)C)cc1. The van der Waals surface area contributed by atoms with Gasteiger partial charge in [-0.3, -0.25) is 10.3 Å². The zero-order chi connectivity index (χ0) is 18.7. The number of anilines is 3. The van der Waals surface area contributed by atoms with Crippen molar-refractivity contribution in [2.75, 3.05) is 10.2 Å². The van der Waals surface area contributed by atoms with E-state index in [2.05, 4.69) is 15.2 Å². The van der Waals surface area contributed by atoms with Crippen molar-refractivity contribution in [2.45, 2.75) is 33.3 Å².